The number of rotatable bonds is 14. The first-order valence-electron chi connectivity index (χ1n) is 9.83. The van der Waals surface area contributed by atoms with Gasteiger partial charge >= 0.3 is 11.7 Å². The maximum Gasteiger partial charge on any atom is 0.303 e. The molecule has 0 radical (unpaired) electrons. The number of carbonyl (C=O) groups is 1. The van der Waals surface area contributed by atoms with Crippen molar-refractivity contribution >= 4 is 28.4 Å². The van der Waals surface area contributed by atoms with Gasteiger partial charge in [0.1, 0.15) is 0 Å². The summed E-state index contributed by atoms with van der Waals surface area (Å²) >= 11 is 0. The van der Waals surface area contributed by atoms with E-state index in [1.165, 1.54) is 31.7 Å². The van der Waals surface area contributed by atoms with Crippen molar-refractivity contribution in [3.63, 3.8) is 0 Å². The van der Waals surface area contributed by atoms with Crippen molar-refractivity contribution in [3.8, 4) is 0 Å². The number of hydrogen-bond donors (Lipinski definition) is 1. The molecule has 28 heavy (non-hydrogen) atoms. The van der Waals surface area contributed by atoms with Crippen molar-refractivity contribution in [2.45, 2.75) is 64.2 Å². The van der Waals surface area contributed by atoms with E-state index in [1.54, 1.807) is 6.07 Å². The number of anilines is 1. The molecular weight excluding hydrogens is 364 g/mol. The van der Waals surface area contributed by atoms with Gasteiger partial charge in [-0.2, -0.15) is 0 Å². The number of carboxylic acids is 1. The van der Waals surface area contributed by atoms with Crippen LogP contribution in [-0.4, -0.2) is 39.9 Å². The van der Waals surface area contributed by atoms with Crippen LogP contribution in [0.5, 0.6) is 0 Å². The molecule has 1 heterocycles. The second-order valence-electron chi connectivity index (χ2n) is 7.07. The van der Waals surface area contributed by atoms with Crippen molar-refractivity contribution < 1.29 is 19.5 Å². The molecule has 1 aromatic carbocycles. The highest BCUT2D eigenvalue weighted by Crippen LogP contribution is 2.30. The molecule has 1 N–H and O–H groups in total. The lowest BCUT2D eigenvalue weighted by molar-refractivity contribution is -0.383. The highest BCUT2D eigenvalue weighted by Gasteiger charge is 2.20. The van der Waals surface area contributed by atoms with E-state index in [0.717, 1.165) is 44.3 Å². The summed E-state index contributed by atoms with van der Waals surface area (Å²) < 4.78 is 4.70. The van der Waals surface area contributed by atoms with Crippen LogP contribution < -0.4 is 4.90 Å². The first kappa shape index (κ1) is 21.6. The summed E-state index contributed by atoms with van der Waals surface area (Å²) in [5.41, 5.74) is 1.27. The van der Waals surface area contributed by atoms with Crippen LogP contribution in [0.1, 0.15) is 64.2 Å². The van der Waals surface area contributed by atoms with Gasteiger partial charge in [0.05, 0.1) is 10.6 Å². The van der Waals surface area contributed by atoms with Crippen LogP contribution >= 0.6 is 0 Å². The standard InChI is InChI=1S/C19H28N4O5/c1-22(14-10-8-6-4-2-3-5-7-9-11-17(24)25)15-12-13-16(23(26)27)19-18(15)20-28-21-19/h12-13H,2-11,14H2,1H3,(H,24,25). The summed E-state index contributed by atoms with van der Waals surface area (Å²) in [6.07, 6.45) is 10.0. The van der Waals surface area contributed by atoms with E-state index >= 15 is 0 Å². The molecule has 2 rings (SSSR count). The fraction of sp³-hybridized carbons (Fsp3) is 0.632. The van der Waals surface area contributed by atoms with Gasteiger partial charge in [-0.15, -0.1) is 0 Å². The minimum Gasteiger partial charge on any atom is -0.481 e. The Morgan fingerprint density at radius 1 is 1.04 bits per heavy atom. The predicted molar refractivity (Wildman–Crippen MR) is 106 cm³/mol. The Hall–Kier alpha value is -2.71. The molecule has 0 aliphatic heterocycles. The summed E-state index contributed by atoms with van der Waals surface area (Å²) in [7, 11) is 1.94. The molecule has 154 valence electrons. The molecule has 0 bridgehead atoms. The van der Waals surface area contributed by atoms with Gasteiger partial charge in [-0.25, -0.2) is 4.63 Å². The highest BCUT2D eigenvalue weighted by molar-refractivity contribution is 5.93. The molecule has 1 aromatic heterocycles. The summed E-state index contributed by atoms with van der Waals surface area (Å²) in [5, 5.41) is 27.1. The lowest BCUT2D eigenvalue weighted by atomic mass is 10.1. The Bertz CT molecular complexity index is 777. The van der Waals surface area contributed by atoms with Gasteiger partial charge in [0.2, 0.25) is 5.52 Å². The quantitative estimate of drug-likeness (QED) is 0.282. The van der Waals surface area contributed by atoms with Crippen LogP contribution in [0.4, 0.5) is 11.4 Å². The Morgan fingerprint density at radius 3 is 2.21 bits per heavy atom. The number of carboxylic acid groups (broad SMARTS) is 1. The molecule has 0 fully saturated rings. The molecule has 9 nitrogen and oxygen atoms in total. The molecule has 0 aliphatic rings. The molecule has 0 aliphatic carbocycles. The molecule has 0 atom stereocenters. The molecule has 0 saturated carbocycles. The van der Waals surface area contributed by atoms with E-state index in [2.05, 4.69) is 10.3 Å². The molecule has 0 saturated heterocycles. The van der Waals surface area contributed by atoms with Gasteiger partial charge in [-0.1, -0.05) is 44.9 Å². The average molecular weight is 392 g/mol. The van der Waals surface area contributed by atoms with Gasteiger partial charge in [-0.3, -0.25) is 14.9 Å². The lowest BCUT2D eigenvalue weighted by Gasteiger charge is -2.19. The smallest absolute Gasteiger partial charge is 0.303 e. The van der Waals surface area contributed by atoms with Crippen molar-refractivity contribution in [1.29, 1.82) is 0 Å². The molecule has 9 heteroatoms. The monoisotopic (exact) mass is 392 g/mol. The van der Waals surface area contributed by atoms with Crippen molar-refractivity contribution in [2.24, 2.45) is 0 Å². The van der Waals surface area contributed by atoms with Crippen molar-refractivity contribution in [1.82, 2.24) is 10.3 Å². The number of nitro benzene ring substituents is 1. The second-order valence-corrected chi connectivity index (χ2v) is 7.07. The van der Waals surface area contributed by atoms with Gasteiger partial charge in [-0.05, 0) is 29.2 Å². The van der Waals surface area contributed by atoms with Crippen LogP contribution in [0, 0.1) is 10.1 Å². The number of hydrogen-bond acceptors (Lipinski definition) is 7. The van der Waals surface area contributed by atoms with Crippen LogP contribution in [0.15, 0.2) is 16.8 Å². The Kier molecular flexibility index (Phi) is 8.64. The van der Waals surface area contributed by atoms with E-state index < -0.39 is 10.9 Å². The first-order valence-corrected chi connectivity index (χ1v) is 9.83. The number of unbranched alkanes of at least 4 members (excludes halogenated alkanes) is 8. The fourth-order valence-electron chi connectivity index (χ4n) is 3.28. The minimum absolute atomic E-state index is 0.101. The van der Waals surface area contributed by atoms with Crippen LogP contribution in [0.25, 0.3) is 11.0 Å². The molecule has 2 aromatic rings. The van der Waals surface area contributed by atoms with E-state index in [1.807, 2.05) is 11.9 Å². The third-order valence-electron chi connectivity index (χ3n) is 4.86. The number of benzene rings is 1. The van der Waals surface area contributed by atoms with E-state index in [0.29, 0.717) is 5.52 Å². The minimum atomic E-state index is -0.709. The molecule has 0 spiro atoms. The summed E-state index contributed by atoms with van der Waals surface area (Å²) in [4.78, 5) is 23.0. The SMILES string of the molecule is CN(CCCCCCCCCCCC(=O)O)c1ccc([N+](=O)[O-])c2nonc12. The van der Waals surface area contributed by atoms with E-state index in [-0.39, 0.29) is 17.6 Å². The topological polar surface area (TPSA) is 123 Å². The highest BCUT2D eigenvalue weighted by atomic mass is 16.6. The number of non-ortho nitro benzene ring substituents is 1. The van der Waals surface area contributed by atoms with Crippen LogP contribution in [-0.2, 0) is 4.79 Å². The van der Waals surface area contributed by atoms with Gasteiger partial charge in [0.25, 0.3) is 0 Å². The number of aromatic nitrogens is 2. The zero-order valence-corrected chi connectivity index (χ0v) is 16.3. The Labute approximate surface area is 163 Å². The average Bonchev–Trinajstić information content (AvgIpc) is 3.14. The third-order valence-corrected chi connectivity index (χ3v) is 4.86. The summed E-state index contributed by atoms with van der Waals surface area (Å²) in [6.45, 7) is 0.828. The lowest BCUT2D eigenvalue weighted by Crippen LogP contribution is -2.18. The molecule has 0 unspecified atom stereocenters. The molecular formula is C19H28N4O5. The normalized spacial score (nSPS) is 11.0. The maximum atomic E-state index is 11.1. The summed E-state index contributed by atoms with van der Waals surface area (Å²) in [6, 6.07) is 3.13. The number of nitro groups is 1. The Balaban J connectivity index is 1.63. The number of nitrogens with zero attached hydrogens (tertiary/aromatic N) is 4. The Morgan fingerprint density at radius 2 is 1.61 bits per heavy atom. The summed E-state index contributed by atoms with van der Waals surface area (Å²) in [5.74, 6) is -0.709. The van der Waals surface area contributed by atoms with Gasteiger partial charge in [0, 0.05) is 26.1 Å². The largest absolute Gasteiger partial charge is 0.481 e. The van der Waals surface area contributed by atoms with E-state index in [9.17, 15) is 14.9 Å². The van der Waals surface area contributed by atoms with Crippen molar-refractivity contribution in [2.75, 3.05) is 18.5 Å². The zero-order valence-electron chi connectivity index (χ0n) is 16.3. The zero-order chi connectivity index (χ0) is 20.4. The first-order chi connectivity index (χ1) is 13.5. The van der Waals surface area contributed by atoms with Crippen LogP contribution in [0.2, 0.25) is 0 Å². The predicted octanol–water partition coefficient (Wildman–Crippen LogP) is 4.55. The number of fused-ring (bicyclic) bond motifs is 1. The number of aliphatic carboxylic acids is 1. The molecule has 0 amide bonds. The maximum absolute atomic E-state index is 11.1. The van der Waals surface area contributed by atoms with Crippen molar-refractivity contribution in [3.05, 3.63) is 22.2 Å². The third kappa shape index (κ3) is 6.47. The second kappa shape index (κ2) is 11.2. The van der Waals surface area contributed by atoms with Gasteiger partial charge in [0.15, 0.2) is 5.52 Å². The van der Waals surface area contributed by atoms with Gasteiger partial charge < -0.3 is 10.0 Å². The fourth-order valence-corrected chi connectivity index (χ4v) is 3.28. The van der Waals surface area contributed by atoms with E-state index in [4.69, 9.17) is 9.74 Å². The van der Waals surface area contributed by atoms with Crippen LogP contribution in [0.3, 0.4) is 0 Å².